The number of amides is 1. The van der Waals surface area contributed by atoms with Gasteiger partial charge in [-0.2, -0.15) is 0 Å². The van der Waals surface area contributed by atoms with Crippen LogP contribution in [-0.4, -0.2) is 60.1 Å². The average molecular weight is 489 g/mol. The van der Waals surface area contributed by atoms with Crippen molar-refractivity contribution in [2.75, 3.05) is 26.3 Å². The van der Waals surface area contributed by atoms with Crippen molar-refractivity contribution in [3.8, 4) is 5.75 Å². The van der Waals surface area contributed by atoms with Crippen molar-refractivity contribution < 1.29 is 23.5 Å². The molecule has 1 aliphatic heterocycles. The zero-order chi connectivity index (χ0) is 24.7. The molecule has 2 aromatic rings. The van der Waals surface area contributed by atoms with E-state index in [-0.39, 0.29) is 37.0 Å². The molecule has 1 fully saturated rings. The quantitative estimate of drug-likeness (QED) is 0.403. The van der Waals surface area contributed by atoms with Gasteiger partial charge in [0.15, 0.2) is 6.61 Å². The van der Waals surface area contributed by atoms with Crippen LogP contribution in [0.2, 0.25) is 5.02 Å². The number of hydrogen-bond acceptors (Lipinski definition) is 5. The molecule has 8 heteroatoms. The predicted octanol–water partition coefficient (Wildman–Crippen LogP) is 4.56. The minimum atomic E-state index is -0.467. The highest BCUT2D eigenvalue weighted by Gasteiger charge is 2.32. The summed E-state index contributed by atoms with van der Waals surface area (Å²) in [5, 5.41) is 0.488. The summed E-state index contributed by atoms with van der Waals surface area (Å²) in [4.78, 5) is 28.7. The van der Waals surface area contributed by atoms with Crippen LogP contribution in [0.3, 0.4) is 0 Å². The molecule has 34 heavy (non-hydrogen) atoms. The molecule has 1 aliphatic rings. The number of esters is 1. The van der Waals surface area contributed by atoms with Crippen molar-refractivity contribution in [2.45, 2.75) is 39.4 Å². The Kier molecular flexibility index (Phi) is 9.07. The second-order valence-corrected chi connectivity index (χ2v) is 8.79. The maximum Gasteiger partial charge on any atom is 0.330 e. The van der Waals surface area contributed by atoms with Crippen LogP contribution in [0.25, 0.3) is 6.08 Å². The molecule has 2 atom stereocenters. The van der Waals surface area contributed by atoms with Crippen LogP contribution in [0.1, 0.15) is 31.9 Å². The highest BCUT2D eigenvalue weighted by molar-refractivity contribution is 6.30. The van der Waals surface area contributed by atoms with E-state index in [1.807, 2.05) is 11.8 Å². The minimum absolute atomic E-state index is 0.00106. The molecule has 0 aromatic heterocycles. The van der Waals surface area contributed by atoms with E-state index in [4.69, 9.17) is 21.1 Å². The Morgan fingerprint density at radius 1 is 1.12 bits per heavy atom. The first-order valence-electron chi connectivity index (χ1n) is 11.3. The van der Waals surface area contributed by atoms with Crippen molar-refractivity contribution in [3.63, 3.8) is 0 Å². The summed E-state index contributed by atoms with van der Waals surface area (Å²) in [5.74, 6) is -0.378. The van der Waals surface area contributed by atoms with E-state index in [1.165, 1.54) is 18.2 Å². The Balaban J connectivity index is 1.60. The first-order chi connectivity index (χ1) is 16.3. The van der Waals surface area contributed by atoms with E-state index in [1.54, 1.807) is 43.3 Å². The molecule has 182 valence electrons. The molecule has 0 unspecified atom stereocenters. The van der Waals surface area contributed by atoms with Crippen molar-refractivity contribution in [1.29, 1.82) is 0 Å². The second kappa shape index (κ2) is 12.0. The Hall–Kier alpha value is -2.90. The summed E-state index contributed by atoms with van der Waals surface area (Å²) >= 11 is 6.09. The van der Waals surface area contributed by atoms with Gasteiger partial charge in [0.25, 0.3) is 5.91 Å². The molecule has 2 aromatic carbocycles. The van der Waals surface area contributed by atoms with Gasteiger partial charge >= 0.3 is 5.97 Å². The van der Waals surface area contributed by atoms with E-state index in [2.05, 4.69) is 11.8 Å². The number of carbonyl (C=O) groups is 2. The molecule has 0 bridgehead atoms. The third-order valence-electron chi connectivity index (χ3n) is 5.74. The molecular weight excluding hydrogens is 459 g/mol. The molecule has 3 rings (SSSR count). The lowest BCUT2D eigenvalue weighted by Gasteiger charge is -2.44. The fourth-order valence-electron chi connectivity index (χ4n) is 3.94. The third-order valence-corrected chi connectivity index (χ3v) is 5.98. The lowest BCUT2D eigenvalue weighted by Crippen LogP contribution is -2.58. The van der Waals surface area contributed by atoms with Gasteiger partial charge < -0.3 is 14.4 Å². The number of carbonyl (C=O) groups excluding carboxylic acids is 2. The van der Waals surface area contributed by atoms with Crippen LogP contribution >= 0.6 is 11.6 Å². The number of rotatable bonds is 8. The third kappa shape index (κ3) is 7.05. The summed E-state index contributed by atoms with van der Waals surface area (Å²) < 4.78 is 23.9. The van der Waals surface area contributed by atoms with E-state index in [0.29, 0.717) is 36.0 Å². The van der Waals surface area contributed by atoms with Crippen LogP contribution in [0.4, 0.5) is 4.39 Å². The van der Waals surface area contributed by atoms with Gasteiger partial charge in [0.2, 0.25) is 0 Å². The zero-order valence-electron chi connectivity index (χ0n) is 19.7. The van der Waals surface area contributed by atoms with Gasteiger partial charge in [-0.15, -0.1) is 0 Å². The van der Waals surface area contributed by atoms with Gasteiger partial charge in [0, 0.05) is 48.4 Å². The Morgan fingerprint density at radius 2 is 1.85 bits per heavy atom. The van der Waals surface area contributed by atoms with E-state index in [0.717, 1.165) is 5.56 Å². The first-order valence-corrected chi connectivity index (χ1v) is 11.7. The van der Waals surface area contributed by atoms with Crippen molar-refractivity contribution in [1.82, 2.24) is 9.80 Å². The molecule has 0 N–H and O–H groups in total. The van der Waals surface area contributed by atoms with Crippen molar-refractivity contribution in [3.05, 3.63) is 70.5 Å². The SMILES string of the molecule is CCOC(=O)C=Cc1cc(Cl)ccc1OCC(=O)N1C[C@H](C)N(Cc2ccc(F)cc2)C[C@H]1C. The zero-order valence-corrected chi connectivity index (χ0v) is 20.4. The summed E-state index contributed by atoms with van der Waals surface area (Å²) in [6.45, 7) is 7.95. The number of ether oxygens (including phenoxy) is 2. The van der Waals surface area contributed by atoms with Gasteiger partial charge in [-0.05, 0) is 62.7 Å². The molecule has 0 saturated carbocycles. The lowest BCUT2D eigenvalue weighted by molar-refractivity contribution is -0.139. The van der Waals surface area contributed by atoms with Crippen LogP contribution in [0.5, 0.6) is 5.75 Å². The summed E-state index contributed by atoms with van der Waals surface area (Å²) in [7, 11) is 0. The summed E-state index contributed by atoms with van der Waals surface area (Å²) in [5.41, 5.74) is 1.62. The lowest BCUT2D eigenvalue weighted by atomic mass is 10.1. The smallest absolute Gasteiger partial charge is 0.330 e. The molecule has 0 aliphatic carbocycles. The molecule has 6 nitrogen and oxygen atoms in total. The highest BCUT2D eigenvalue weighted by atomic mass is 35.5. The average Bonchev–Trinajstić information content (AvgIpc) is 2.80. The largest absolute Gasteiger partial charge is 0.483 e. The number of benzene rings is 2. The van der Waals surface area contributed by atoms with Crippen molar-refractivity contribution in [2.24, 2.45) is 0 Å². The summed E-state index contributed by atoms with van der Waals surface area (Å²) in [6.07, 6.45) is 2.86. The number of hydrogen-bond donors (Lipinski definition) is 0. The van der Waals surface area contributed by atoms with Crippen LogP contribution in [0.15, 0.2) is 48.5 Å². The van der Waals surface area contributed by atoms with Crippen LogP contribution in [-0.2, 0) is 20.9 Å². The molecule has 0 spiro atoms. The Morgan fingerprint density at radius 3 is 2.56 bits per heavy atom. The Labute approximate surface area is 204 Å². The maximum absolute atomic E-state index is 13.2. The number of piperazine rings is 1. The van der Waals surface area contributed by atoms with E-state index in [9.17, 15) is 14.0 Å². The molecule has 0 radical (unpaired) electrons. The number of halogens is 2. The number of nitrogens with zero attached hydrogens (tertiary/aromatic N) is 2. The van der Waals surface area contributed by atoms with E-state index < -0.39 is 5.97 Å². The topological polar surface area (TPSA) is 59.1 Å². The molecular formula is C26H30ClFN2O4. The van der Waals surface area contributed by atoms with Gasteiger partial charge in [-0.25, -0.2) is 9.18 Å². The fourth-order valence-corrected chi connectivity index (χ4v) is 4.12. The predicted molar refractivity (Wildman–Crippen MR) is 130 cm³/mol. The van der Waals surface area contributed by atoms with Crippen LogP contribution in [0, 0.1) is 5.82 Å². The summed E-state index contributed by atoms with van der Waals surface area (Å²) in [6, 6.07) is 11.7. The van der Waals surface area contributed by atoms with Gasteiger partial charge in [0.05, 0.1) is 6.61 Å². The molecule has 1 heterocycles. The van der Waals surface area contributed by atoms with Gasteiger partial charge in [0.1, 0.15) is 11.6 Å². The van der Waals surface area contributed by atoms with Gasteiger partial charge in [-0.3, -0.25) is 9.69 Å². The standard InChI is InChI=1S/C26H30ClFN2O4/c1-4-33-26(32)12-7-21-13-22(27)8-11-24(21)34-17-25(31)30-15-18(2)29(14-19(30)3)16-20-5-9-23(28)10-6-20/h5-13,18-19H,4,14-17H2,1-3H3/t18-,19+/m0/s1. The molecule has 1 saturated heterocycles. The molecule has 1 amide bonds. The normalized spacial score (nSPS) is 18.8. The van der Waals surface area contributed by atoms with Crippen LogP contribution < -0.4 is 4.74 Å². The monoisotopic (exact) mass is 488 g/mol. The van der Waals surface area contributed by atoms with Gasteiger partial charge in [-0.1, -0.05) is 23.7 Å². The fraction of sp³-hybridized carbons (Fsp3) is 0.385. The second-order valence-electron chi connectivity index (χ2n) is 8.36. The Bertz CT molecular complexity index is 1030. The minimum Gasteiger partial charge on any atom is -0.483 e. The first kappa shape index (κ1) is 25.7. The highest BCUT2D eigenvalue weighted by Crippen LogP contribution is 2.25. The maximum atomic E-state index is 13.2. The van der Waals surface area contributed by atoms with Crippen molar-refractivity contribution >= 4 is 29.6 Å². The van der Waals surface area contributed by atoms with E-state index >= 15 is 0 Å².